The lowest BCUT2D eigenvalue weighted by Crippen LogP contribution is -2.30. The molecule has 3 nitrogen and oxygen atoms in total. The molecule has 1 saturated heterocycles. The van der Waals surface area contributed by atoms with Crippen LogP contribution in [-0.2, 0) is 4.74 Å². The van der Waals surface area contributed by atoms with Gasteiger partial charge in [0.05, 0.1) is 12.1 Å². The van der Waals surface area contributed by atoms with Crippen LogP contribution >= 0.6 is 0 Å². The maximum atomic E-state index is 5.64. The summed E-state index contributed by atoms with van der Waals surface area (Å²) in [6.45, 7) is 6.39. The fourth-order valence-electron chi connectivity index (χ4n) is 2.19. The lowest BCUT2D eigenvalue weighted by atomic mass is 10.1. The van der Waals surface area contributed by atoms with E-state index in [2.05, 4.69) is 24.2 Å². The van der Waals surface area contributed by atoms with E-state index >= 15 is 0 Å². The molecular formula is C11H20N2O. The summed E-state index contributed by atoms with van der Waals surface area (Å²) in [6.07, 6.45) is 3.59. The Labute approximate surface area is 85.9 Å². The molecule has 2 aliphatic heterocycles. The average Bonchev–Trinajstić information content (AvgIpc) is 2.69. The van der Waals surface area contributed by atoms with Gasteiger partial charge in [-0.15, -0.1) is 0 Å². The molecule has 2 unspecified atom stereocenters. The second-order valence-electron chi connectivity index (χ2n) is 4.71. The van der Waals surface area contributed by atoms with E-state index in [4.69, 9.17) is 4.74 Å². The standard InChI is InChI=1S/C11H20N2O/c1-8(2)6-9-7-14-11(13-9)10-4-3-5-12-10/h8-10,12H,3-7H2,1-2H3. The Hall–Kier alpha value is -0.570. The number of nitrogens with zero attached hydrogens (tertiary/aromatic N) is 1. The van der Waals surface area contributed by atoms with Crippen LogP contribution in [0.2, 0.25) is 0 Å². The topological polar surface area (TPSA) is 33.6 Å². The van der Waals surface area contributed by atoms with Crippen LogP contribution in [0.15, 0.2) is 4.99 Å². The number of aliphatic imine (C=N–C) groups is 1. The van der Waals surface area contributed by atoms with Gasteiger partial charge in [-0.2, -0.15) is 0 Å². The Morgan fingerprint density at radius 2 is 2.43 bits per heavy atom. The molecule has 3 heteroatoms. The second-order valence-corrected chi connectivity index (χ2v) is 4.71. The molecule has 2 aliphatic rings. The van der Waals surface area contributed by atoms with Crippen molar-refractivity contribution in [1.29, 1.82) is 0 Å². The van der Waals surface area contributed by atoms with E-state index in [1.54, 1.807) is 0 Å². The van der Waals surface area contributed by atoms with Crippen molar-refractivity contribution in [3.63, 3.8) is 0 Å². The summed E-state index contributed by atoms with van der Waals surface area (Å²) in [7, 11) is 0. The number of rotatable bonds is 3. The third-order valence-electron chi connectivity index (χ3n) is 2.84. The highest BCUT2D eigenvalue weighted by molar-refractivity contribution is 5.83. The summed E-state index contributed by atoms with van der Waals surface area (Å²) >= 11 is 0. The molecule has 2 atom stereocenters. The van der Waals surface area contributed by atoms with Gasteiger partial charge in [0, 0.05) is 0 Å². The van der Waals surface area contributed by atoms with Crippen LogP contribution in [-0.4, -0.2) is 31.1 Å². The van der Waals surface area contributed by atoms with E-state index in [0.29, 0.717) is 18.0 Å². The van der Waals surface area contributed by atoms with Gasteiger partial charge in [-0.3, -0.25) is 0 Å². The first-order chi connectivity index (χ1) is 6.75. The van der Waals surface area contributed by atoms with Crippen LogP contribution in [0.4, 0.5) is 0 Å². The number of hydrogen-bond donors (Lipinski definition) is 1. The van der Waals surface area contributed by atoms with Gasteiger partial charge in [0.1, 0.15) is 6.61 Å². The molecule has 0 radical (unpaired) electrons. The molecule has 14 heavy (non-hydrogen) atoms. The fraction of sp³-hybridized carbons (Fsp3) is 0.909. The minimum atomic E-state index is 0.409. The molecule has 1 fully saturated rings. The summed E-state index contributed by atoms with van der Waals surface area (Å²) in [4.78, 5) is 4.64. The van der Waals surface area contributed by atoms with Crippen molar-refractivity contribution in [3.8, 4) is 0 Å². The second kappa shape index (κ2) is 4.30. The summed E-state index contributed by atoms with van der Waals surface area (Å²) in [5.41, 5.74) is 0. The third-order valence-corrected chi connectivity index (χ3v) is 2.84. The first-order valence-corrected chi connectivity index (χ1v) is 5.69. The minimum Gasteiger partial charge on any atom is -0.478 e. The molecule has 0 aromatic heterocycles. The van der Waals surface area contributed by atoms with E-state index in [9.17, 15) is 0 Å². The van der Waals surface area contributed by atoms with Crippen LogP contribution in [0.5, 0.6) is 0 Å². The number of nitrogens with one attached hydrogen (secondary N) is 1. The molecule has 2 heterocycles. The Morgan fingerprint density at radius 1 is 1.57 bits per heavy atom. The molecule has 0 spiro atoms. The smallest absolute Gasteiger partial charge is 0.201 e. The maximum absolute atomic E-state index is 5.64. The van der Waals surface area contributed by atoms with E-state index < -0.39 is 0 Å². The van der Waals surface area contributed by atoms with Crippen LogP contribution in [0.1, 0.15) is 33.1 Å². The van der Waals surface area contributed by atoms with Gasteiger partial charge >= 0.3 is 0 Å². The largest absolute Gasteiger partial charge is 0.478 e. The van der Waals surface area contributed by atoms with Gasteiger partial charge in [0.25, 0.3) is 0 Å². The van der Waals surface area contributed by atoms with E-state index in [-0.39, 0.29) is 0 Å². The highest BCUT2D eigenvalue weighted by Crippen LogP contribution is 2.18. The predicted molar refractivity (Wildman–Crippen MR) is 57.7 cm³/mol. The third kappa shape index (κ3) is 2.27. The van der Waals surface area contributed by atoms with E-state index in [1.807, 2.05) is 0 Å². The first kappa shape index (κ1) is 9.97. The molecule has 0 saturated carbocycles. The van der Waals surface area contributed by atoms with Crippen molar-refractivity contribution in [2.24, 2.45) is 10.9 Å². The highest BCUT2D eigenvalue weighted by Gasteiger charge is 2.27. The van der Waals surface area contributed by atoms with Gasteiger partial charge in [0.15, 0.2) is 0 Å². The quantitative estimate of drug-likeness (QED) is 0.743. The van der Waals surface area contributed by atoms with Crippen molar-refractivity contribution in [2.45, 2.75) is 45.2 Å². The SMILES string of the molecule is CC(C)CC1COC(C2CCCN2)=N1. The summed E-state index contributed by atoms with van der Waals surface area (Å²) < 4.78 is 5.64. The average molecular weight is 196 g/mol. The Bertz CT molecular complexity index is 219. The summed E-state index contributed by atoms with van der Waals surface area (Å²) in [5, 5.41) is 3.42. The summed E-state index contributed by atoms with van der Waals surface area (Å²) in [6, 6.07) is 0.819. The number of ether oxygens (including phenoxy) is 1. The van der Waals surface area contributed by atoms with Crippen molar-refractivity contribution in [1.82, 2.24) is 5.32 Å². The van der Waals surface area contributed by atoms with Crippen molar-refractivity contribution >= 4 is 5.90 Å². The lowest BCUT2D eigenvalue weighted by molar-refractivity contribution is 0.289. The van der Waals surface area contributed by atoms with Crippen molar-refractivity contribution in [3.05, 3.63) is 0 Å². The van der Waals surface area contributed by atoms with Gasteiger partial charge in [-0.05, 0) is 31.7 Å². The van der Waals surface area contributed by atoms with Gasteiger partial charge < -0.3 is 10.1 Å². The molecule has 0 aliphatic carbocycles. The monoisotopic (exact) mass is 196 g/mol. The van der Waals surface area contributed by atoms with Crippen LogP contribution in [0.25, 0.3) is 0 Å². The first-order valence-electron chi connectivity index (χ1n) is 5.69. The highest BCUT2D eigenvalue weighted by atomic mass is 16.5. The van der Waals surface area contributed by atoms with Gasteiger partial charge in [-0.1, -0.05) is 13.8 Å². The zero-order valence-corrected chi connectivity index (χ0v) is 9.12. The molecule has 0 aromatic rings. The van der Waals surface area contributed by atoms with Crippen LogP contribution in [0.3, 0.4) is 0 Å². The fourth-order valence-corrected chi connectivity index (χ4v) is 2.19. The number of hydrogen-bond acceptors (Lipinski definition) is 3. The van der Waals surface area contributed by atoms with Crippen LogP contribution < -0.4 is 5.32 Å². The Morgan fingerprint density at radius 3 is 3.07 bits per heavy atom. The Balaban J connectivity index is 1.88. The molecular weight excluding hydrogens is 176 g/mol. The molecule has 0 bridgehead atoms. The Kier molecular flexibility index (Phi) is 3.06. The maximum Gasteiger partial charge on any atom is 0.201 e. The van der Waals surface area contributed by atoms with E-state index in [1.165, 1.54) is 12.8 Å². The normalized spacial score (nSPS) is 32.1. The van der Waals surface area contributed by atoms with E-state index in [0.717, 1.165) is 25.5 Å². The predicted octanol–water partition coefficient (Wildman–Crippen LogP) is 1.58. The zero-order valence-electron chi connectivity index (χ0n) is 9.12. The lowest BCUT2D eigenvalue weighted by Gasteiger charge is -2.08. The zero-order chi connectivity index (χ0) is 9.97. The van der Waals surface area contributed by atoms with Gasteiger partial charge in [-0.25, -0.2) is 4.99 Å². The molecule has 1 N–H and O–H groups in total. The molecule has 0 aromatic carbocycles. The van der Waals surface area contributed by atoms with Crippen molar-refractivity contribution < 1.29 is 4.74 Å². The molecule has 80 valence electrons. The van der Waals surface area contributed by atoms with Crippen LogP contribution in [0, 0.1) is 5.92 Å². The van der Waals surface area contributed by atoms with Crippen molar-refractivity contribution in [2.75, 3.05) is 13.2 Å². The minimum absolute atomic E-state index is 0.409. The molecule has 2 rings (SSSR count). The molecule has 0 amide bonds. The summed E-state index contributed by atoms with van der Waals surface area (Å²) in [5.74, 6) is 1.68. The van der Waals surface area contributed by atoms with Gasteiger partial charge in [0.2, 0.25) is 5.90 Å².